The predicted molar refractivity (Wildman–Crippen MR) is 119 cm³/mol. The van der Waals surface area contributed by atoms with Crippen LogP contribution in [0.15, 0.2) is 29.3 Å². The zero-order valence-electron chi connectivity index (χ0n) is 17.5. The van der Waals surface area contributed by atoms with Crippen molar-refractivity contribution in [3.8, 4) is 0 Å². The van der Waals surface area contributed by atoms with E-state index < -0.39 is 7.41 Å². The van der Waals surface area contributed by atoms with E-state index in [0.29, 0.717) is 0 Å². The molecule has 1 aromatic rings. The largest absolute Gasteiger partial charge is 0.357 e. The van der Waals surface area contributed by atoms with Gasteiger partial charge in [-0.15, -0.1) is 4.76 Å². The molecule has 0 saturated heterocycles. The van der Waals surface area contributed by atoms with Crippen LogP contribution in [0.25, 0.3) is 0 Å². The minimum absolute atomic E-state index is 0.936. The van der Waals surface area contributed by atoms with Crippen LogP contribution in [0.4, 0.5) is 0 Å². The third-order valence-electron chi connectivity index (χ3n) is 7.73. The SMILES string of the molecule is Cn1ccc(=N[P+](C2CCCCC2)(C2CCCCC2)C2CCCCC2)cc1. The van der Waals surface area contributed by atoms with Gasteiger partial charge >= 0.3 is 0 Å². The molecule has 3 aliphatic rings. The van der Waals surface area contributed by atoms with E-state index in [1.165, 1.54) is 102 Å². The Labute approximate surface area is 167 Å². The third kappa shape index (κ3) is 4.36. The quantitative estimate of drug-likeness (QED) is 0.502. The number of hydrogen-bond donors (Lipinski definition) is 0. The fraction of sp³-hybridized carbons (Fsp3) is 0.792. The van der Waals surface area contributed by atoms with Crippen LogP contribution in [0.5, 0.6) is 0 Å². The summed E-state index contributed by atoms with van der Waals surface area (Å²) in [5.74, 6) is 0. The van der Waals surface area contributed by atoms with Crippen LogP contribution in [0.2, 0.25) is 0 Å². The third-order valence-corrected chi connectivity index (χ3v) is 13.4. The second kappa shape index (κ2) is 9.25. The number of hydrogen-bond acceptors (Lipinski definition) is 1. The van der Waals surface area contributed by atoms with Gasteiger partial charge in [0.05, 0.1) is 17.0 Å². The fourth-order valence-corrected chi connectivity index (χ4v) is 12.8. The summed E-state index contributed by atoms with van der Waals surface area (Å²) < 4.78 is 8.05. The van der Waals surface area contributed by atoms with E-state index in [2.05, 4.69) is 36.1 Å². The van der Waals surface area contributed by atoms with Crippen molar-refractivity contribution in [2.45, 2.75) is 113 Å². The van der Waals surface area contributed by atoms with Crippen LogP contribution in [0.1, 0.15) is 96.3 Å². The normalized spacial score (nSPS) is 24.0. The molecule has 1 heterocycles. The Kier molecular flexibility index (Phi) is 6.75. The molecule has 3 aliphatic carbocycles. The Morgan fingerprint density at radius 3 is 1.41 bits per heavy atom. The number of rotatable bonds is 4. The van der Waals surface area contributed by atoms with Crippen molar-refractivity contribution >= 4 is 7.41 Å². The molecule has 4 rings (SSSR count). The molecule has 0 radical (unpaired) electrons. The average molecular weight is 388 g/mol. The van der Waals surface area contributed by atoms with Gasteiger partial charge in [-0.05, 0) is 89.2 Å². The average Bonchev–Trinajstić information content (AvgIpc) is 2.75. The highest BCUT2D eigenvalue weighted by molar-refractivity contribution is 7.76. The summed E-state index contributed by atoms with van der Waals surface area (Å²) in [5.41, 5.74) is 2.81. The van der Waals surface area contributed by atoms with Gasteiger partial charge in [0.15, 0.2) is 0 Å². The summed E-state index contributed by atoms with van der Waals surface area (Å²) in [4.78, 5) is 0. The first-order valence-electron chi connectivity index (χ1n) is 11.9. The maximum atomic E-state index is 5.90. The molecule has 27 heavy (non-hydrogen) atoms. The maximum absolute atomic E-state index is 5.90. The monoisotopic (exact) mass is 387 g/mol. The van der Waals surface area contributed by atoms with Crippen LogP contribution < -0.4 is 5.36 Å². The summed E-state index contributed by atoms with van der Waals surface area (Å²) in [6, 6.07) is 4.59. The van der Waals surface area contributed by atoms with Crippen LogP contribution >= 0.6 is 7.41 Å². The lowest BCUT2D eigenvalue weighted by Crippen LogP contribution is -2.35. The molecule has 1 aromatic heterocycles. The van der Waals surface area contributed by atoms with Crippen molar-refractivity contribution < 1.29 is 0 Å². The molecule has 0 N–H and O–H groups in total. The molecule has 3 saturated carbocycles. The Balaban J connectivity index is 1.80. The Morgan fingerprint density at radius 1 is 0.667 bits per heavy atom. The first-order valence-corrected chi connectivity index (χ1v) is 13.8. The summed E-state index contributed by atoms with van der Waals surface area (Å²) >= 11 is 0. The van der Waals surface area contributed by atoms with Crippen molar-refractivity contribution in [2.75, 3.05) is 0 Å². The van der Waals surface area contributed by atoms with E-state index in [9.17, 15) is 0 Å². The van der Waals surface area contributed by atoms with Gasteiger partial charge in [0.2, 0.25) is 0 Å². The topological polar surface area (TPSA) is 17.3 Å². The molecule has 0 amide bonds. The molecule has 150 valence electrons. The van der Waals surface area contributed by atoms with Gasteiger partial charge < -0.3 is 4.57 Å². The highest BCUT2D eigenvalue weighted by atomic mass is 31.2. The number of pyridine rings is 1. The lowest BCUT2D eigenvalue weighted by molar-refractivity contribution is 0.450. The summed E-state index contributed by atoms with van der Waals surface area (Å²) in [6.07, 6.45) is 26.4. The van der Waals surface area contributed by atoms with Crippen molar-refractivity contribution in [1.29, 1.82) is 0 Å². The highest BCUT2D eigenvalue weighted by Gasteiger charge is 2.58. The van der Waals surface area contributed by atoms with Crippen LogP contribution in [-0.4, -0.2) is 21.5 Å². The van der Waals surface area contributed by atoms with E-state index in [-0.39, 0.29) is 0 Å². The summed E-state index contributed by atoms with van der Waals surface area (Å²) in [6.45, 7) is 0. The summed E-state index contributed by atoms with van der Waals surface area (Å²) in [7, 11) is 0.777. The standard InChI is InChI=1S/C24H40N2P/c1-26-19-17-21(18-20-26)25-27(22-11-5-2-6-12-22,23-13-7-3-8-14-23)24-15-9-4-10-16-24/h17-20,22-24H,2-16H2,1H3/q+1. The van der Waals surface area contributed by atoms with Gasteiger partial charge in [0, 0.05) is 19.4 Å². The van der Waals surface area contributed by atoms with Crippen molar-refractivity contribution in [3.63, 3.8) is 0 Å². The lowest BCUT2D eigenvalue weighted by atomic mass is 9.99. The van der Waals surface area contributed by atoms with Crippen molar-refractivity contribution in [3.05, 3.63) is 29.9 Å². The van der Waals surface area contributed by atoms with Gasteiger partial charge in [-0.1, -0.05) is 19.3 Å². The van der Waals surface area contributed by atoms with E-state index >= 15 is 0 Å². The molecular formula is C24H40N2P+. The van der Waals surface area contributed by atoms with Crippen molar-refractivity contribution in [1.82, 2.24) is 4.57 Å². The Bertz CT molecular complexity index is 581. The number of aromatic nitrogens is 1. The molecule has 0 atom stereocenters. The molecule has 0 bridgehead atoms. The van der Waals surface area contributed by atoms with Crippen LogP contribution in [-0.2, 0) is 7.05 Å². The number of aryl methyl sites for hydroxylation is 1. The Morgan fingerprint density at radius 2 is 1.04 bits per heavy atom. The molecular weight excluding hydrogens is 347 g/mol. The minimum Gasteiger partial charge on any atom is -0.357 e. The maximum Gasteiger partial charge on any atom is 0.142 e. The second-order valence-corrected chi connectivity index (χ2v) is 13.5. The molecule has 3 fully saturated rings. The first-order chi connectivity index (χ1) is 13.3. The zero-order chi connectivity index (χ0) is 18.5. The van der Waals surface area contributed by atoms with Gasteiger partial charge in [0.1, 0.15) is 12.8 Å². The second-order valence-electron chi connectivity index (χ2n) is 9.49. The lowest BCUT2D eigenvalue weighted by Gasteiger charge is -2.45. The predicted octanol–water partition coefficient (Wildman–Crippen LogP) is 6.86. The molecule has 3 heteroatoms. The van der Waals surface area contributed by atoms with E-state index in [4.69, 9.17) is 4.76 Å². The van der Waals surface area contributed by atoms with Gasteiger partial charge in [-0.25, -0.2) is 0 Å². The molecule has 0 aromatic carbocycles. The minimum atomic E-state index is -1.34. The Hall–Kier alpha value is -0.620. The highest BCUT2D eigenvalue weighted by Crippen LogP contribution is 2.78. The van der Waals surface area contributed by atoms with E-state index in [1.807, 2.05) is 0 Å². The van der Waals surface area contributed by atoms with Gasteiger partial charge in [0.25, 0.3) is 0 Å². The van der Waals surface area contributed by atoms with Crippen LogP contribution in [0.3, 0.4) is 0 Å². The first kappa shape index (κ1) is 19.7. The zero-order valence-corrected chi connectivity index (χ0v) is 18.4. The van der Waals surface area contributed by atoms with Gasteiger partial charge in [-0.2, -0.15) is 0 Å². The summed E-state index contributed by atoms with van der Waals surface area (Å²) in [5, 5.41) is 1.29. The molecule has 2 nitrogen and oxygen atoms in total. The van der Waals surface area contributed by atoms with E-state index in [0.717, 1.165) is 17.0 Å². The molecule has 0 unspecified atom stereocenters. The van der Waals surface area contributed by atoms with E-state index in [1.54, 1.807) is 0 Å². The molecule has 0 aliphatic heterocycles. The smallest absolute Gasteiger partial charge is 0.142 e. The number of nitrogens with zero attached hydrogens (tertiary/aromatic N) is 2. The van der Waals surface area contributed by atoms with Crippen LogP contribution in [0, 0.1) is 0 Å². The molecule has 0 spiro atoms. The van der Waals surface area contributed by atoms with Gasteiger partial charge in [-0.3, -0.25) is 0 Å². The van der Waals surface area contributed by atoms with Crippen molar-refractivity contribution in [2.24, 2.45) is 11.8 Å². The fourth-order valence-electron chi connectivity index (χ4n) is 6.38.